The largest absolute Gasteiger partial charge is 0.380 e. The van der Waals surface area contributed by atoms with Gasteiger partial charge < -0.3 is 10.1 Å². The fourth-order valence-corrected chi connectivity index (χ4v) is 4.06. The van der Waals surface area contributed by atoms with Crippen LogP contribution in [0.15, 0.2) is 0 Å². The van der Waals surface area contributed by atoms with Crippen LogP contribution in [0, 0.1) is 0 Å². The number of hydrogen-bond acceptors (Lipinski definition) is 4. The molecule has 1 aliphatic rings. The molecular weight excluding hydrogens is 226 g/mol. The van der Waals surface area contributed by atoms with Crippen molar-refractivity contribution < 1.29 is 4.74 Å². The summed E-state index contributed by atoms with van der Waals surface area (Å²) in [6.07, 6.45) is 2.42. The summed E-state index contributed by atoms with van der Waals surface area (Å²) in [4.78, 5) is 0. The van der Waals surface area contributed by atoms with Crippen molar-refractivity contribution in [2.45, 2.75) is 25.0 Å². The van der Waals surface area contributed by atoms with E-state index in [0.717, 1.165) is 31.6 Å². The van der Waals surface area contributed by atoms with E-state index in [9.17, 15) is 0 Å². The van der Waals surface area contributed by atoms with Gasteiger partial charge in [0.25, 0.3) is 0 Å². The molecule has 1 heterocycles. The van der Waals surface area contributed by atoms with Crippen LogP contribution in [0.1, 0.15) is 19.8 Å². The zero-order valence-electron chi connectivity index (χ0n) is 9.67. The van der Waals surface area contributed by atoms with E-state index in [0.29, 0.717) is 0 Å². The van der Waals surface area contributed by atoms with E-state index in [1.54, 1.807) is 0 Å². The molecule has 0 bridgehead atoms. The van der Waals surface area contributed by atoms with Crippen LogP contribution in [0.2, 0.25) is 0 Å². The van der Waals surface area contributed by atoms with E-state index < -0.39 is 0 Å². The molecule has 1 atom stereocenters. The first-order valence-corrected chi connectivity index (χ1v) is 8.11. The van der Waals surface area contributed by atoms with Gasteiger partial charge in [0.15, 0.2) is 0 Å². The Morgan fingerprint density at radius 3 is 3.00 bits per heavy atom. The average molecular weight is 249 g/mol. The van der Waals surface area contributed by atoms with Crippen molar-refractivity contribution in [2.24, 2.45) is 0 Å². The van der Waals surface area contributed by atoms with Gasteiger partial charge in [-0.25, -0.2) is 0 Å². The third kappa shape index (κ3) is 7.50. The standard InChI is InChI=1S/C11H23NOS2/c1-2-3-5-13-6-4-12-9-11-10-14-7-8-15-11/h11-12H,2-10H2,1H3. The Balaban J connectivity index is 1.79. The minimum absolute atomic E-state index is 0.819. The van der Waals surface area contributed by atoms with Gasteiger partial charge >= 0.3 is 0 Å². The van der Waals surface area contributed by atoms with Gasteiger partial charge in [0.2, 0.25) is 0 Å². The van der Waals surface area contributed by atoms with E-state index in [2.05, 4.69) is 35.8 Å². The first-order valence-electron chi connectivity index (χ1n) is 5.91. The average Bonchev–Trinajstić information content (AvgIpc) is 2.29. The molecule has 0 saturated carbocycles. The van der Waals surface area contributed by atoms with E-state index >= 15 is 0 Å². The van der Waals surface area contributed by atoms with Crippen LogP contribution in [0.25, 0.3) is 0 Å². The highest BCUT2D eigenvalue weighted by atomic mass is 32.2. The van der Waals surface area contributed by atoms with Crippen molar-refractivity contribution in [1.82, 2.24) is 5.32 Å². The summed E-state index contributed by atoms with van der Waals surface area (Å²) in [7, 11) is 0. The summed E-state index contributed by atoms with van der Waals surface area (Å²) in [6, 6.07) is 0. The lowest BCUT2D eigenvalue weighted by Crippen LogP contribution is -2.31. The molecule has 0 aromatic heterocycles. The number of nitrogens with one attached hydrogen (secondary N) is 1. The summed E-state index contributed by atoms with van der Waals surface area (Å²) in [5.74, 6) is 3.97. The Labute approximate surface area is 102 Å². The molecule has 2 nitrogen and oxygen atoms in total. The third-order valence-electron chi connectivity index (χ3n) is 2.32. The van der Waals surface area contributed by atoms with Crippen LogP contribution in [-0.4, -0.2) is 48.8 Å². The highest BCUT2D eigenvalue weighted by Gasteiger charge is 2.12. The Morgan fingerprint density at radius 1 is 1.33 bits per heavy atom. The molecule has 1 rings (SSSR count). The highest BCUT2D eigenvalue weighted by Crippen LogP contribution is 2.23. The first-order chi connectivity index (χ1) is 7.43. The van der Waals surface area contributed by atoms with Crippen molar-refractivity contribution in [3.05, 3.63) is 0 Å². The Bertz CT molecular complexity index is 141. The number of rotatable bonds is 8. The van der Waals surface area contributed by atoms with Gasteiger partial charge in [-0.2, -0.15) is 23.5 Å². The van der Waals surface area contributed by atoms with Gasteiger partial charge in [-0.05, 0) is 6.42 Å². The van der Waals surface area contributed by atoms with E-state index in [1.165, 1.54) is 30.1 Å². The van der Waals surface area contributed by atoms with E-state index in [4.69, 9.17) is 4.74 Å². The van der Waals surface area contributed by atoms with Crippen LogP contribution in [0.5, 0.6) is 0 Å². The molecule has 1 saturated heterocycles. The maximum Gasteiger partial charge on any atom is 0.0590 e. The molecule has 0 aliphatic carbocycles. The van der Waals surface area contributed by atoms with Gasteiger partial charge in [0.1, 0.15) is 0 Å². The fraction of sp³-hybridized carbons (Fsp3) is 1.00. The van der Waals surface area contributed by atoms with Crippen LogP contribution in [0.3, 0.4) is 0 Å². The molecule has 0 amide bonds. The van der Waals surface area contributed by atoms with Gasteiger partial charge in [0.05, 0.1) is 6.61 Å². The fourth-order valence-electron chi connectivity index (χ4n) is 1.41. The monoisotopic (exact) mass is 249 g/mol. The molecule has 0 aromatic carbocycles. The quantitative estimate of drug-likeness (QED) is 0.666. The number of ether oxygens (including phenoxy) is 1. The molecule has 1 N–H and O–H groups in total. The lowest BCUT2D eigenvalue weighted by Gasteiger charge is -2.21. The van der Waals surface area contributed by atoms with Crippen LogP contribution >= 0.6 is 23.5 Å². The van der Waals surface area contributed by atoms with E-state index in [1.807, 2.05) is 0 Å². The summed E-state index contributed by atoms with van der Waals surface area (Å²) >= 11 is 4.20. The second-order valence-corrected chi connectivity index (χ2v) is 6.30. The highest BCUT2D eigenvalue weighted by molar-refractivity contribution is 8.06. The number of thioether (sulfide) groups is 2. The predicted molar refractivity (Wildman–Crippen MR) is 72.2 cm³/mol. The molecule has 15 heavy (non-hydrogen) atoms. The number of unbranched alkanes of at least 4 members (excludes halogenated alkanes) is 1. The second-order valence-electron chi connectivity index (χ2n) is 3.74. The number of hydrogen-bond donors (Lipinski definition) is 1. The SMILES string of the molecule is CCCCOCCNCC1CSCCS1. The predicted octanol–water partition coefficient (Wildman–Crippen LogP) is 2.24. The normalized spacial score (nSPS) is 21.8. The van der Waals surface area contributed by atoms with Crippen LogP contribution < -0.4 is 5.32 Å². The third-order valence-corrected chi connectivity index (χ3v) is 5.17. The zero-order valence-corrected chi connectivity index (χ0v) is 11.3. The van der Waals surface area contributed by atoms with Gasteiger partial charge in [-0.15, -0.1) is 0 Å². The molecule has 0 aromatic rings. The molecular formula is C11H23NOS2. The van der Waals surface area contributed by atoms with Crippen molar-refractivity contribution in [1.29, 1.82) is 0 Å². The molecule has 4 heteroatoms. The summed E-state index contributed by atoms with van der Waals surface area (Å²) in [5, 5.41) is 4.29. The van der Waals surface area contributed by atoms with Crippen molar-refractivity contribution in [3.8, 4) is 0 Å². The molecule has 0 radical (unpaired) electrons. The van der Waals surface area contributed by atoms with Gasteiger partial charge in [-0.1, -0.05) is 13.3 Å². The molecule has 1 aliphatic heterocycles. The Morgan fingerprint density at radius 2 is 2.27 bits per heavy atom. The van der Waals surface area contributed by atoms with Crippen molar-refractivity contribution in [3.63, 3.8) is 0 Å². The minimum atomic E-state index is 0.819. The van der Waals surface area contributed by atoms with Crippen molar-refractivity contribution in [2.75, 3.05) is 43.6 Å². The Kier molecular flexibility index (Phi) is 8.96. The molecule has 1 fully saturated rings. The lowest BCUT2D eigenvalue weighted by atomic mass is 10.4. The van der Waals surface area contributed by atoms with Gasteiger partial charge in [-0.3, -0.25) is 0 Å². The van der Waals surface area contributed by atoms with Crippen molar-refractivity contribution >= 4 is 23.5 Å². The minimum Gasteiger partial charge on any atom is -0.380 e. The molecule has 0 spiro atoms. The first kappa shape index (κ1) is 13.7. The summed E-state index contributed by atoms with van der Waals surface area (Å²) in [6.45, 7) is 6.14. The summed E-state index contributed by atoms with van der Waals surface area (Å²) in [5.41, 5.74) is 0. The Hall–Kier alpha value is 0.620. The van der Waals surface area contributed by atoms with Crippen LogP contribution in [0.4, 0.5) is 0 Å². The topological polar surface area (TPSA) is 21.3 Å². The second kappa shape index (κ2) is 9.82. The lowest BCUT2D eigenvalue weighted by molar-refractivity contribution is 0.133. The summed E-state index contributed by atoms with van der Waals surface area (Å²) < 4.78 is 5.49. The van der Waals surface area contributed by atoms with E-state index in [-0.39, 0.29) is 0 Å². The van der Waals surface area contributed by atoms with Crippen LogP contribution in [-0.2, 0) is 4.74 Å². The molecule has 1 unspecified atom stereocenters. The zero-order chi connectivity index (χ0) is 10.8. The molecule has 90 valence electrons. The maximum absolute atomic E-state index is 5.49. The maximum atomic E-state index is 5.49. The smallest absolute Gasteiger partial charge is 0.0590 e. The van der Waals surface area contributed by atoms with Gasteiger partial charge in [0, 0.05) is 42.2 Å².